The van der Waals surface area contributed by atoms with E-state index in [1.807, 2.05) is 99.6 Å². The topological polar surface area (TPSA) is 109 Å². The Kier molecular flexibility index (Phi) is 10.5. The number of furan rings is 1. The summed E-state index contributed by atoms with van der Waals surface area (Å²) in [4.78, 5) is 8.48. The third kappa shape index (κ3) is 11.6. The highest BCUT2D eigenvalue weighted by Crippen LogP contribution is 2.58. The molecule has 0 aliphatic heterocycles. The first-order valence-corrected chi connectivity index (χ1v) is 46.7. The SMILES string of the molecule is [2H]c1c([2H])c([2H])c2c(c1[2H])c1c([2H])c([2H])c([2H])c([2H])c1n2-c1c(C#N)c(-n2c3c([2H])c([2H])c([2H])c([2H])c3c3c([2H])c([2H])c([2H])c([2H])c32)c(-n2c3ccc(-c4ccccc4)cc3c3ccc4c5ccccc5sc4c32)c(-n2c3c([2H])c([2H])c([2H])c([2H])c3c3c([2H])c([2H])c([2H])c([2H])c32)c1[N+]#[C-].[2H]c1c([2H])c([2H])c2c(c1[2H])c1c([2H])c([2H])c([2H])c([2H])c1n2-c1c(C#N)c(-n2c3c([2H])c([2H])c([2H])c([2H])c3c3c([2H])c([2H])c([2H])c([2H])c32)c(-n2c3ccc(C(C)(C)C)cc3c3ccc4c5ccccc5oc4c32)c(-n2c3c([2H])c([2H])c([2H])c([2H])c3c3c([2H])c([2H])c([2H])c([2H])c32)c1[N+]#[C-]. The lowest BCUT2D eigenvalue weighted by Crippen LogP contribution is -2.15. The van der Waals surface area contributed by atoms with Gasteiger partial charge in [-0.15, -0.1) is 11.3 Å². The average molecular weight is 1950 g/mol. The summed E-state index contributed by atoms with van der Waals surface area (Å²) in [7, 11) is 0. The molecule has 0 atom stereocenters. The molecule has 31 aromatic rings. The predicted molar refractivity (Wildman–Crippen MR) is 614 cm³/mol. The Morgan fingerprint density at radius 1 is 0.264 bits per heavy atom. The van der Waals surface area contributed by atoms with Crippen molar-refractivity contribution in [3.63, 3.8) is 0 Å². The van der Waals surface area contributed by atoms with E-state index >= 15 is 0 Å². The van der Waals surface area contributed by atoms with Gasteiger partial charge in [-0.1, -0.05) is 335 Å². The van der Waals surface area contributed by atoms with E-state index in [-0.39, 0.29) is 27.6 Å². The summed E-state index contributed by atoms with van der Waals surface area (Å²) in [6.45, 7) is 25.6. The van der Waals surface area contributed by atoms with Crippen molar-refractivity contribution < 1.29 is 70.2 Å². The van der Waals surface area contributed by atoms with Gasteiger partial charge in [0.25, 0.3) is 0 Å². The molecule has 0 radical (unpaired) electrons. The van der Waals surface area contributed by atoms with Gasteiger partial charge in [0.1, 0.15) is 17.7 Å². The maximum atomic E-state index is 12.9. The van der Waals surface area contributed by atoms with Crippen LogP contribution >= 0.6 is 11.3 Å². The molecule has 0 fully saturated rings. The normalized spacial score (nSPS) is 16.7. The quantitative estimate of drug-likeness (QED) is 0.134. The number of para-hydroxylation sites is 13. The van der Waals surface area contributed by atoms with E-state index in [0.29, 0.717) is 53.5 Å². The predicted octanol–water partition coefficient (Wildman–Crippen LogP) is 36.2. The first-order chi connectivity index (χ1) is 92.9. The zero-order chi connectivity index (χ0) is 140. The molecule has 0 bridgehead atoms. The number of aromatic nitrogens is 8. The van der Waals surface area contributed by atoms with E-state index in [2.05, 4.69) is 21.8 Å². The van der Waals surface area contributed by atoms with E-state index in [9.17, 15) is 73.0 Å². The van der Waals surface area contributed by atoms with Crippen molar-refractivity contribution in [1.29, 1.82) is 10.5 Å². The summed E-state index contributed by atoms with van der Waals surface area (Å²) < 4.78 is 473. The van der Waals surface area contributed by atoms with Gasteiger partial charge in [-0.3, -0.25) is 0 Å². The highest BCUT2D eigenvalue weighted by Gasteiger charge is 2.40. The standard InChI is InChI=1S/C68H38N6S.C66H42N6O/c1-70-62-63(71-54-28-12-5-21-43(54)44-22-6-13-29-55(44)71)53(40-69)64(72-56-30-14-7-23-45(56)46-24-8-15-31-57(46)72)67(66(62)73-58-32-16-9-25-47(58)48-26-10-17-33-59(48)73)74-60-38-35-42(41-19-3-2-4-20-41)39-52(60)50-36-37-51-49-27-11-18-34-61(49)75-68(51)65(50)74;1-66(2,3)39-33-36-57-49(37-39)47-34-35-48-46-25-11-18-32-58(46)73-65(48)62(47)72(57)64-61(70-53-28-14-7-21-42(53)43-22-8-15-29-54(43)70)50(38-67)60(69-51-26-12-5-19-40(51)41-20-6-13-27-52(41)69)59(68-4)63(64)71-55-30-16-9-23-44(55)45-24-10-17-31-56(45)71/h2-39H;5-37H,1-3H3/i5D,6D,7D,8D,9D,10D,12D,13D,14D,15D,16D,17D,21D,22D,23D,24D,25D,26D,28D,29D,30D,31D,32D,33D;5D,6D,7D,8D,9D,10D,12D,13D,14D,15D,16D,17D,19D,20D,21D,22D,23D,24D,26D,27D,28D,29D,30D,31D. The lowest BCUT2D eigenvalue weighted by molar-refractivity contribution is 0.591. The largest absolute Gasteiger partial charge is 0.454 e. The number of nitriles is 2. The second kappa shape index (κ2) is 31.8. The highest BCUT2D eigenvalue weighted by molar-refractivity contribution is 7.26. The number of benzene rings is 21. The van der Waals surface area contributed by atoms with E-state index in [1.54, 1.807) is 65.2 Å². The van der Waals surface area contributed by atoms with Crippen molar-refractivity contribution in [2.75, 3.05) is 0 Å². The Morgan fingerprint density at radius 3 is 0.953 bits per heavy atom. The fourth-order valence-electron chi connectivity index (χ4n) is 21.7. The van der Waals surface area contributed by atoms with Crippen LogP contribution in [0.1, 0.15) is 103 Å². The van der Waals surface area contributed by atoms with E-state index in [0.717, 1.165) is 48.6 Å². The molecule has 0 saturated heterocycles. The number of fused-ring (bicyclic) bond motifs is 32. The summed E-state index contributed by atoms with van der Waals surface area (Å²) in [6, 6.07) is 2.24. The van der Waals surface area contributed by atoms with Crippen LogP contribution in [0.4, 0.5) is 11.4 Å². The number of hydrogen-bond donors (Lipinski definition) is 0. The van der Waals surface area contributed by atoms with Crippen LogP contribution in [-0.2, 0) is 5.41 Å². The van der Waals surface area contributed by atoms with Crippen LogP contribution in [0, 0.1) is 35.8 Å². The van der Waals surface area contributed by atoms with Crippen molar-refractivity contribution in [3.05, 3.63) is 469 Å². The average Bonchev–Trinajstić information content (AvgIpc) is 1.50. The molecular weight excluding hydrogens is 1830 g/mol. The van der Waals surface area contributed by atoms with Crippen molar-refractivity contribution in [2.45, 2.75) is 26.2 Å². The number of hydrogen-bond acceptors (Lipinski definition) is 4. The van der Waals surface area contributed by atoms with Gasteiger partial charge in [-0.2, -0.15) is 10.5 Å². The van der Waals surface area contributed by atoms with Crippen LogP contribution in [-0.4, -0.2) is 36.5 Å². The molecule has 0 aliphatic carbocycles. The fourth-order valence-corrected chi connectivity index (χ4v) is 22.9. The molecule has 0 amide bonds. The fraction of sp³-hybridized carbons (Fsp3) is 0.0299. The van der Waals surface area contributed by atoms with Crippen LogP contribution in [0.2, 0.25) is 0 Å². The van der Waals surface area contributed by atoms with Gasteiger partial charge in [0.2, 0.25) is 11.4 Å². The molecule has 21 aromatic carbocycles. The summed E-state index contributed by atoms with van der Waals surface area (Å²) in [5.41, 5.74) is -14.9. The lowest BCUT2D eigenvalue weighted by atomic mass is 9.86. The maximum Gasteiger partial charge on any atom is 0.237 e. The van der Waals surface area contributed by atoms with Crippen LogP contribution < -0.4 is 0 Å². The summed E-state index contributed by atoms with van der Waals surface area (Å²) in [6.07, 6.45) is 0. The third-order valence-corrected chi connectivity index (χ3v) is 28.9. The van der Waals surface area contributed by atoms with Gasteiger partial charge in [-0.25, -0.2) is 9.69 Å². The number of nitrogens with zero attached hydrogens (tertiary/aromatic N) is 12. The van der Waals surface area contributed by atoms with Gasteiger partial charge in [0.05, 0.1) is 229 Å². The molecule has 10 heterocycles. The molecule has 0 spiro atoms. The minimum absolute atomic E-state index is 0.0686. The molecule has 14 heteroatoms. The van der Waals surface area contributed by atoms with E-state index in [4.69, 9.17) is 20.9 Å². The first-order valence-electron chi connectivity index (χ1n) is 69.9. The van der Waals surface area contributed by atoms with Gasteiger partial charge >= 0.3 is 0 Å². The molecule has 31 rings (SSSR count). The molecular formula is C134H80N12OS. The molecule has 10 aromatic heterocycles. The Labute approximate surface area is 917 Å². The molecule has 148 heavy (non-hydrogen) atoms. The number of thiophene rings is 1. The zero-order valence-corrected chi connectivity index (χ0v) is 77.3. The Morgan fingerprint density at radius 2 is 0.574 bits per heavy atom. The van der Waals surface area contributed by atoms with Gasteiger partial charge in [0, 0.05) is 112 Å². The van der Waals surface area contributed by atoms with E-state index in [1.165, 1.54) is 15.9 Å². The maximum absolute atomic E-state index is 12.9. The van der Waals surface area contributed by atoms with Gasteiger partial charge in [0.15, 0.2) is 5.58 Å². The van der Waals surface area contributed by atoms with Crippen molar-refractivity contribution >= 4 is 239 Å². The first kappa shape index (κ1) is 49.1. The monoisotopic (exact) mass is 1950 g/mol. The highest BCUT2D eigenvalue weighted by atomic mass is 32.1. The van der Waals surface area contributed by atoms with Crippen LogP contribution in [0.15, 0.2) is 434 Å². The molecule has 0 aliphatic rings. The Balaban J connectivity index is 0.000000167. The smallest absolute Gasteiger partial charge is 0.237 e. The van der Waals surface area contributed by atoms with Crippen molar-refractivity contribution in [3.8, 4) is 68.8 Å². The van der Waals surface area contributed by atoms with Gasteiger partial charge < -0.3 is 41.0 Å². The summed E-state index contributed by atoms with van der Waals surface area (Å²) >= 11 is 1.29. The van der Waals surface area contributed by atoms with Crippen LogP contribution in [0.5, 0.6) is 0 Å². The molecule has 0 saturated carbocycles. The zero-order valence-electron chi connectivity index (χ0n) is 124. The number of rotatable bonds is 9. The lowest BCUT2D eigenvalue weighted by Gasteiger charge is -2.27. The van der Waals surface area contributed by atoms with Crippen molar-refractivity contribution in [1.82, 2.24) is 36.5 Å². The molecule has 688 valence electrons. The minimum atomic E-state index is -0.963. The molecule has 0 unspecified atom stereocenters. The second-order valence-electron chi connectivity index (χ2n) is 36.0. The molecule has 13 nitrogen and oxygen atoms in total. The summed E-state index contributed by atoms with van der Waals surface area (Å²) in [5.74, 6) is 0. The Bertz CT molecular complexity index is 13900. The molecule has 0 N–H and O–H groups in total. The second-order valence-corrected chi connectivity index (χ2v) is 37.1. The third-order valence-electron chi connectivity index (χ3n) is 27.7. The van der Waals surface area contributed by atoms with Crippen LogP contribution in [0.25, 0.3) is 283 Å². The van der Waals surface area contributed by atoms with Crippen LogP contribution in [0.3, 0.4) is 0 Å². The minimum Gasteiger partial charge on any atom is -0.454 e. The Hall–Kier alpha value is -20.0. The van der Waals surface area contributed by atoms with Gasteiger partial charge in [-0.05, 0) is 137 Å². The van der Waals surface area contributed by atoms with E-state index < -0.39 is 494 Å². The summed E-state index contributed by atoms with van der Waals surface area (Å²) in [5, 5.41) is 23.1. The van der Waals surface area contributed by atoms with Crippen molar-refractivity contribution in [2.24, 2.45) is 0 Å².